The lowest BCUT2D eigenvalue weighted by Gasteiger charge is -2.35. The molecule has 0 aromatic heterocycles. The molecule has 1 heterocycles. The predicted molar refractivity (Wildman–Crippen MR) is 79.3 cm³/mol. The first-order valence-corrected chi connectivity index (χ1v) is 7.49. The van der Waals surface area contributed by atoms with Crippen molar-refractivity contribution in [3.8, 4) is 6.19 Å². The van der Waals surface area contributed by atoms with Crippen LogP contribution in [-0.4, -0.2) is 40.5 Å². The standard InChI is InChI=1S/C13H14ClN3O2S/c1-10(18)19-13(4-2-3-11(14)7-13)8-17-5-6-20-12(17)16-9-15/h2-4H,5-8H2,1H3/b16-12+. The van der Waals surface area contributed by atoms with Gasteiger partial charge in [-0.3, -0.25) is 4.79 Å². The van der Waals surface area contributed by atoms with Crippen molar-refractivity contribution in [2.45, 2.75) is 18.9 Å². The Balaban J connectivity index is 2.19. The third kappa shape index (κ3) is 3.56. The van der Waals surface area contributed by atoms with E-state index in [2.05, 4.69) is 4.99 Å². The van der Waals surface area contributed by atoms with Crippen LogP contribution in [0, 0.1) is 11.5 Å². The number of amidine groups is 1. The van der Waals surface area contributed by atoms with Gasteiger partial charge in [0.2, 0.25) is 6.19 Å². The number of hydrogen-bond donors (Lipinski definition) is 0. The topological polar surface area (TPSA) is 65.7 Å². The van der Waals surface area contributed by atoms with Crippen LogP contribution in [0.25, 0.3) is 0 Å². The fourth-order valence-electron chi connectivity index (χ4n) is 2.28. The molecule has 20 heavy (non-hydrogen) atoms. The van der Waals surface area contributed by atoms with E-state index in [0.717, 1.165) is 12.3 Å². The van der Waals surface area contributed by atoms with Gasteiger partial charge in [-0.1, -0.05) is 29.4 Å². The molecular weight excluding hydrogens is 298 g/mol. The van der Waals surface area contributed by atoms with Crippen molar-refractivity contribution in [3.63, 3.8) is 0 Å². The summed E-state index contributed by atoms with van der Waals surface area (Å²) in [5.41, 5.74) is -0.793. The Morgan fingerprint density at radius 3 is 3.20 bits per heavy atom. The number of allylic oxidation sites excluding steroid dienone is 2. The molecule has 0 bridgehead atoms. The average molecular weight is 312 g/mol. The zero-order valence-corrected chi connectivity index (χ0v) is 12.6. The summed E-state index contributed by atoms with van der Waals surface area (Å²) in [6.45, 7) is 2.59. The summed E-state index contributed by atoms with van der Waals surface area (Å²) in [5.74, 6) is 0.510. The number of nitriles is 1. The van der Waals surface area contributed by atoms with Crippen LogP contribution in [0.3, 0.4) is 0 Å². The van der Waals surface area contributed by atoms with Crippen molar-refractivity contribution in [3.05, 3.63) is 23.3 Å². The van der Waals surface area contributed by atoms with Gasteiger partial charge in [0, 0.05) is 30.7 Å². The molecule has 7 heteroatoms. The van der Waals surface area contributed by atoms with Crippen LogP contribution in [0.4, 0.5) is 0 Å². The van der Waals surface area contributed by atoms with E-state index in [1.54, 1.807) is 18.3 Å². The molecule has 0 N–H and O–H groups in total. The molecule has 1 atom stereocenters. The smallest absolute Gasteiger partial charge is 0.303 e. The molecule has 0 radical (unpaired) electrons. The molecule has 0 saturated carbocycles. The Hall–Kier alpha value is -1.45. The molecule has 1 unspecified atom stereocenters. The monoisotopic (exact) mass is 311 g/mol. The molecule has 106 valence electrons. The Labute approximate surface area is 126 Å². The Kier molecular flexibility index (Phi) is 4.73. The molecule has 0 amide bonds. The van der Waals surface area contributed by atoms with E-state index < -0.39 is 5.60 Å². The summed E-state index contributed by atoms with van der Waals surface area (Å²) < 4.78 is 5.50. The number of hydrogen-bond acceptors (Lipinski definition) is 5. The second-order valence-electron chi connectivity index (χ2n) is 4.57. The van der Waals surface area contributed by atoms with Crippen molar-refractivity contribution < 1.29 is 9.53 Å². The minimum Gasteiger partial charge on any atom is -0.453 e. The van der Waals surface area contributed by atoms with Gasteiger partial charge in [0.05, 0.1) is 6.54 Å². The second kappa shape index (κ2) is 6.33. The van der Waals surface area contributed by atoms with Gasteiger partial charge in [0.25, 0.3) is 0 Å². The molecule has 0 aromatic carbocycles. The largest absolute Gasteiger partial charge is 0.453 e. The SMILES string of the molecule is CC(=O)OC1(CN2CCS/C2=N/C#N)C=CC=C(Cl)C1. The average Bonchev–Trinajstić information content (AvgIpc) is 2.75. The fourth-order valence-corrected chi connectivity index (χ4v) is 3.52. The van der Waals surface area contributed by atoms with Crippen LogP contribution in [0.2, 0.25) is 0 Å². The van der Waals surface area contributed by atoms with Gasteiger partial charge in [-0.25, -0.2) is 0 Å². The van der Waals surface area contributed by atoms with E-state index >= 15 is 0 Å². The molecule has 1 aliphatic carbocycles. The molecular formula is C13H14ClN3O2S. The van der Waals surface area contributed by atoms with E-state index in [4.69, 9.17) is 21.6 Å². The van der Waals surface area contributed by atoms with Crippen LogP contribution in [0.5, 0.6) is 0 Å². The van der Waals surface area contributed by atoms with Crippen molar-refractivity contribution >= 4 is 34.5 Å². The molecule has 0 aromatic rings. The first-order chi connectivity index (χ1) is 9.54. The van der Waals surface area contributed by atoms with E-state index in [0.29, 0.717) is 23.2 Å². The van der Waals surface area contributed by atoms with Crippen LogP contribution in [-0.2, 0) is 9.53 Å². The fraction of sp³-hybridized carbons (Fsp3) is 0.462. The van der Waals surface area contributed by atoms with Crippen molar-refractivity contribution in [1.29, 1.82) is 5.26 Å². The van der Waals surface area contributed by atoms with Gasteiger partial charge >= 0.3 is 5.97 Å². The first-order valence-electron chi connectivity index (χ1n) is 6.13. The Morgan fingerprint density at radius 2 is 2.55 bits per heavy atom. The molecule has 1 saturated heterocycles. The zero-order valence-electron chi connectivity index (χ0n) is 11.0. The van der Waals surface area contributed by atoms with Crippen molar-refractivity contribution in [2.24, 2.45) is 4.99 Å². The van der Waals surface area contributed by atoms with E-state index in [9.17, 15) is 4.79 Å². The van der Waals surface area contributed by atoms with Crippen molar-refractivity contribution in [2.75, 3.05) is 18.8 Å². The molecule has 5 nitrogen and oxygen atoms in total. The van der Waals surface area contributed by atoms with E-state index in [1.807, 2.05) is 11.0 Å². The third-order valence-electron chi connectivity index (χ3n) is 2.96. The summed E-state index contributed by atoms with van der Waals surface area (Å²) in [6, 6.07) is 0. The van der Waals surface area contributed by atoms with Crippen LogP contribution in [0.1, 0.15) is 13.3 Å². The number of thioether (sulfide) groups is 1. The highest BCUT2D eigenvalue weighted by Crippen LogP contribution is 2.32. The number of nitrogens with zero attached hydrogens (tertiary/aromatic N) is 3. The highest BCUT2D eigenvalue weighted by molar-refractivity contribution is 8.14. The van der Waals surface area contributed by atoms with Crippen LogP contribution < -0.4 is 0 Å². The van der Waals surface area contributed by atoms with E-state index in [-0.39, 0.29) is 5.97 Å². The van der Waals surface area contributed by atoms with Gasteiger partial charge in [-0.2, -0.15) is 5.26 Å². The van der Waals surface area contributed by atoms with Gasteiger partial charge in [-0.15, -0.1) is 4.99 Å². The van der Waals surface area contributed by atoms with Crippen LogP contribution >= 0.6 is 23.4 Å². The number of carbonyl (C=O) groups is 1. The zero-order chi connectivity index (χ0) is 14.6. The number of halogens is 1. The maximum atomic E-state index is 11.4. The quantitative estimate of drug-likeness (QED) is 0.591. The molecule has 2 aliphatic rings. The molecule has 1 aliphatic heterocycles. The first kappa shape index (κ1) is 14.9. The lowest BCUT2D eigenvalue weighted by molar-refractivity contribution is -0.153. The summed E-state index contributed by atoms with van der Waals surface area (Å²) in [5, 5.41) is 10.00. The second-order valence-corrected chi connectivity index (χ2v) is 6.12. The highest BCUT2D eigenvalue weighted by atomic mass is 35.5. The maximum Gasteiger partial charge on any atom is 0.303 e. The van der Waals surface area contributed by atoms with Gasteiger partial charge in [-0.05, 0) is 12.2 Å². The molecule has 2 rings (SSSR count). The maximum absolute atomic E-state index is 11.4. The lowest BCUT2D eigenvalue weighted by Crippen LogP contribution is -2.46. The summed E-state index contributed by atoms with van der Waals surface area (Å²) in [7, 11) is 0. The van der Waals surface area contributed by atoms with E-state index in [1.165, 1.54) is 18.7 Å². The normalized spacial score (nSPS) is 27.4. The minimum atomic E-state index is -0.793. The van der Waals surface area contributed by atoms with Gasteiger partial charge < -0.3 is 9.64 Å². The molecule has 1 fully saturated rings. The Bertz CT molecular complexity index is 534. The minimum absolute atomic E-state index is 0.355. The summed E-state index contributed by atoms with van der Waals surface area (Å²) in [4.78, 5) is 17.1. The highest BCUT2D eigenvalue weighted by Gasteiger charge is 2.37. The number of aliphatic imine (C=N–C) groups is 1. The Morgan fingerprint density at radius 1 is 1.75 bits per heavy atom. The third-order valence-corrected chi connectivity index (χ3v) is 4.21. The summed E-state index contributed by atoms with van der Waals surface area (Å²) >= 11 is 7.60. The number of esters is 1. The summed E-state index contributed by atoms with van der Waals surface area (Å²) in [6.07, 6.45) is 7.65. The number of ether oxygens (including phenoxy) is 1. The van der Waals surface area contributed by atoms with Crippen LogP contribution in [0.15, 0.2) is 28.3 Å². The van der Waals surface area contributed by atoms with Crippen molar-refractivity contribution in [1.82, 2.24) is 4.90 Å². The predicted octanol–water partition coefficient (Wildman–Crippen LogP) is 2.26. The lowest BCUT2D eigenvalue weighted by atomic mass is 9.94. The van der Waals surface area contributed by atoms with Gasteiger partial charge in [0.1, 0.15) is 0 Å². The number of rotatable bonds is 3. The molecule has 0 spiro atoms. The number of carbonyl (C=O) groups excluding carboxylic acids is 1. The van der Waals surface area contributed by atoms with Gasteiger partial charge in [0.15, 0.2) is 10.8 Å².